The Morgan fingerprint density at radius 1 is 1.17 bits per heavy atom. The molecule has 7 heteroatoms. The van der Waals surface area contributed by atoms with Crippen LogP contribution in [-0.2, 0) is 9.59 Å². The van der Waals surface area contributed by atoms with E-state index in [0.29, 0.717) is 38.0 Å². The third kappa shape index (κ3) is 3.41. The highest BCUT2D eigenvalue weighted by Crippen LogP contribution is 2.26. The van der Waals surface area contributed by atoms with Crippen LogP contribution in [0.1, 0.15) is 46.0 Å². The van der Waals surface area contributed by atoms with Gasteiger partial charge in [-0.1, -0.05) is 6.42 Å². The quantitative estimate of drug-likeness (QED) is 0.806. The van der Waals surface area contributed by atoms with E-state index in [0.717, 1.165) is 6.54 Å². The van der Waals surface area contributed by atoms with E-state index in [2.05, 4.69) is 24.1 Å². The second kappa shape index (κ2) is 7.09. The first-order valence-corrected chi connectivity index (χ1v) is 9.10. The lowest BCUT2D eigenvalue weighted by Gasteiger charge is -2.39. The lowest BCUT2D eigenvalue weighted by molar-refractivity contribution is -0.126. The van der Waals surface area contributed by atoms with E-state index in [-0.39, 0.29) is 30.4 Å². The molecular weight excluding hydrogens is 308 g/mol. The van der Waals surface area contributed by atoms with E-state index in [1.165, 1.54) is 29.1 Å². The number of piperidine rings is 1. The molecule has 3 aliphatic heterocycles. The van der Waals surface area contributed by atoms with Crippen molar-refractivity contribution >= 4 is 17.8 Å². The van der Waals surface area contributed by atoms with E-state index in [1.807, 2.05) is 0 Å². The standard InChI is InChI=1S/C17H28N4O3/c1-12-4-3-5-13(2)20(12)9-8-18-15(22)11-19-10-14-6-7-16(23)21(14)17(19)24/h12-14H,3-11H2,1-2H3,(H,18,22)/t12-,13+,14?. The summed E-state index contributed by atoms with van der Waals surface area (Å²) >= 11 is 0. The molecule has 1 unspecified atom stereocenters. The van der Waals surface area contributed by atoms with Gasteiger partial charge in [0, 0.05) is 38.1 Å². The first kappa shape index (κ1) is 17.2. The monoisotopic (exact) mass is 336 g/mol. The molecule has 0 saturated carbocycles. The van der Waals surface area contributed by atoms with E-state index >= 15 is 0 Å². The minimum absolute atomic E-state index is 0.0344. The van der Waals surface area contributed by atoms with Crippen LogP contribution in [0.25, 0.3) is 0 Å². The summed E-state index contributed by atoms with van der Waals surface area (Å²) in [5.41, 5.74) is 0. The third-order valence-corrected chi connectivity index (χ3v) is 5.64. The molecule has 0 aliphatic carbocycles. The highest BCUT2D eigenvalue weighted by Gasteiger charge is 2.45. The number of urea groups is 1. The minimum Gasteiger partial charge on any atom is -0.353 e. The summed E-state index contributed by atoms with van der Waals surface area (Å²) in [6.07, 6.45) is 4.87. The van der Waals surface area contributed by atoms with E-state index in [1.54, 1.807) is 0 Å². The van der Waals surface area contributed by atoms with Crippen molar-refractivity contribution in [3.63, 3.8) is 0 Å². The van der Waals surface area contributed by atoms with Crippen LogP contribution in [0.3, 0.4) is 0 Å². The molecule has 0 aromatic rings. The predicted molar refractivity (Wildman–Crippen MR) is 89.3 cm³/mol. The first-order chi connectivity index (χ1) is 11.5. The number of rotatable bonds is 5. The minimum atomic E-state index is -0.309. The molecule has 24 heavy (non-hydrogen) atoms. The average Bonchev–Trinajstić information content (AvgIpc) is 3.04. The topological polar surface area (TPSA) is 73.0 Å². The Labute approximate surface area is 143 Å². The number of carbonyl (C=O) groups is 3. The van der Waals surface area contributed by atoms with Gasteiger partial charge in [-0.15, -0.1) is 0 Å². The van der Waals surface area contributed by atoms with Gasteiger partial charge >= 0.3 is 6.03 Å². The average molecular weight is 336 g/mol. The molecule has 0 aromatic carbocycles. The molecule has 0 bridgehead atoms. The van der Waals surface area contributed by atoms with Crippen LogP contribution in [0.2, 0.25) is 0 Å². The van der Waals surface area contributed by atoms with Crippen LogP contribution < -0.4 is 5.32 Å². The zero-order chi connectivity index (χ0) is 17.3. The fourth-order valence-electron chi connectivity index (χ4n) is 4.27. The number of amides is 4. The van der Waals surface area contributed by atoms with Crippen molar-refractivity contribution < 1.29 is 14.4 Å². The Morgan fingerprint density at radius 2 is 1.88 bits per heavy atom. The van der Waals surface area contributed by atoms with Gasteiger partial charge in [-0.25, -0.2) is 4.79 Å². The molecule has 0 radical (unpaired) electrons. The van der Waals surface area contributed by atoms with Crippen LogP contribution in [0, 0.1) is 0 Å². The summed E-state index contributed by atoms with van der Waals surface area (Å²) < 4.78 is 0. The Hall–Kier alpha value is -1.63. The zero-order valence-electron chi connectivity index (χ0n) is 14.7. The molecule has 134 valence electrons. The molecule has 3 saturated heterocycles. The van der Waals surface area contributed by atoms with Gasteiger partial charge < -0.3 is 10.2 Å². The SMILES string of the molecule is C[C@@H]1CCC[C@H](C)N1CCNC(=O)CN1CC2CCC(=O)N2C1=O. The summed E-state index contributed by atoms with van der Waals surface area (Å²) in [6.45, 7) is 6.45. The number of carbonyl (C=O) groups excluding carboxylic acids is 3. The van der Waals surface area contributed by atoms with Crippen LogP contribution >= 0.6 is 0 Å². The van der Waals surface area contributed by atoms with Gasteiger partial charge in [0.1, 0.15) is 6.54 Å². The Kier molecular flexibility index (Phi) is 5.08. The summed E-state index contributed by atoms with van der Waals surface area (Å²) in [7, 11) is 0. The molecule has 1 N–H and O–H groups in total. The smallest absolute Gasteiger partial charge is 0.327 e. The largest absolute Gasteiger partial charge is 0.353 e. The maximum atomic E-state index is 12.2. The summed E-state index contributed by atoms with van der Waals surface area (Å²) in [6, 6.07) is 0.775. The highest BCUT2D eigenvalue weighted by atomic mass is 16.2. The number of nitrogens with zero attached hydrogens (tertiary/aromatic N) is 3. The van der Waals surface area contributed by atoms with Gasteiger partial charge in [-0.05, 0) is 33.1 Å². The number of hydrogen-bond donors (Lipinski definition) is 1. The molecule has 4 amide bonds. The zero-order valence-corrected chi connectivity index (χ0v) is 14.7. The van der Waals surface area contributed by atoms with Gasteiger partial charge in [0.05, 0.1) is 6.04 Å². The lowest BCUT2D eigenvalue weighted by Crippen LogP contribution is -2.48. The van der Waals surface area contributed by atoms with Crippen molar-refractivity contribution in [1.82, 2.24) is 20.0 Å². The third-order valence-electron chi connectivity index (χ3n) is 5.64. The Bertz CT molecular complexity index is 514. The summed E-state index contributed by atoms with van der Waals surface area (Å²) in [5, 5.41) is 2.92. The van der Waals surface area contributed by atoms with Crippen LogP contribution in [-0.4, -0.2) is 76.8 Å². The van der Waals surface area contributed by atoms with Crippen molar-refractivity contribution in [3.05, 3.63) is 0 Å². The van der Waals surface area contributed by atoms with E-state index < -0.39 is 0 Å². The highest BCUT2D eigenvalue weighted by molar-refractivity contribution is 5.99. The lowest BCUT2D eigenvalue weighted by atomic mass is 9.98. The normalized spacial score (nSPS) is 30.8. The number of imide groups is 1. The number of likely N-dealkylation sites (tertiary alicyclic amines) is 1. The maximum absolute atomic E-state index is 12.2. The van der Waals surface area contributed by atoms with Crippen LogP contribution in [0.5, 0.6) is 0 Å². The molecular formula is C17H28N4O3. The van der Waals surface area contributed by atoms with Gasteiger partial charge in [0.15, 0.2) is 0 Å². The van der Waals surface area contributed by atoms with Crippen molar-refractivity contribution in [3.8, 4) is 0 Å². The van der Waals surface area contributed by atoms with Gasteiger partial charge in [-0.2, -0.15) is 0 Å². The summed E-state index contributed by atoms with van der Waals surface area (Å²) in [5.74, 6) is -0.254. The molecule has 3 rings (SSSR count). The summed E-state index contributed by atoms with van der Waals surface area (Å²) in [4.78, 5) is 41.2. The second-order valence-electron chi connectivity index (χ2n) is 7.34. The van der Waals surface area contributed by atoms with Crippen molar-refractivity contribution in [2.75, 3.05) is 26.2 Å². The van der Waals surface area contributed by atoms with Crippen LogP contribution in [0.15, 0.2) is 0 Å². The van der Waals surface area contributed by atoms with E-state index in [4.69, 9.17) is 0 Å². The molecule has 3 fully saturated rings. The van der Waals surface area contributed by atoms with Crippen LogP contribution in [0.4, 0.5) is 4.79 Å². The number of hydrogen-bond acceptors (Lipinski definition) is 4. The second-order valence-corrected chi connectivity index (χ2v) is 7.34. The van der Waals surface area contributed by atoms with Crippen molar-refractivity contribution in [2.24, 2.45) is 0 Å². The molecule has 3 atom stereocenters. The van der Waals surface area contributed by atoms with Gasteiger partial charge in [-0.3, -0.25) is 19.4 Å². The fraction of sp³-hybridized carbons (Fsp3) is 0.824. The van der Waals surface area contributed by atoms with Gasteiger partial charge in [0.2, 0.25) is 11.8 Å². The van der Waals surface area contributed by atoms with E-state index in [9.17, 15) is 14.4 Å². The number of fused-ring (bicyclic) bond motifs is 1. The predicted octanol–water partition coefficient (Wildman–Crippen LogP) is 0.792. The Balaban J connectivity index is 1.42. The van der Waals surface area contributed by atoms with Gasteiger partial charge in [0.25, 0.3) is 0 Å². The van der Waals surface area contributed by atoms with Crippen molar-refractivity contribution in [1.29, 1.82) is 0 Å². The molecule has 7 nitrogen and oxygen atoms in total. The molecule has 3 aliphatic rings. The molecule has 0 aromatic heterocycles. The maximum Gasteiger partial charge on any atom is 0.327 e. The number of nitrogens with one attached hydrogen (secondary N) is 1. The fourth-order valence-corrected chi connectivity index (χ4v) is 4.27. The first-order valence-electron chi connectivity index (χ1n) is 9.10. The molecule has 0 spiro atoms. The Morgan fingerprint density at radius 3 is 2.54 bits per heavy atom. The van der Waals surface area contributed by atoms with Crippen molar-refractivity contribution in [2.45, 2.75) is 64.1 Å². The molecule has 3 heterocycles.